The molecule has 0 unspecified atom stereocenters. The molecule has 108 valence electrons. The molecule has 0 aliphatic carbocycles. The largest absolute Gasteiger partial charge is 0.493 e. The highest BCUT2D eigenvalue weighted by Crippen LogP contribution is 2.41. The van der Waals surface area contributed by atoms with Crippen LogP contribution in [0.5, 0.6) is 17.2 Å². The monoisotopic (exact) mass is 269 g/mol. The molecule has 19 heavy (non-hydrogen) atoms. The van der Waals surface area contributed by atoms with Crippen LogP contribution in [0.4, 0.5) is 5.69 Å². The Labute approximate surface area is 114 Å². The SMILES string of the molecule is COc1cc(N(C)C(C)(C)CO)cc(OC)c1OC. The van der Waals surface area contributed by atoms with Crippen molar-refractivity contribution in [1.82, 2.24) is 0 Å². The quantitative estimate of drug-likeness (QED) is 0.855. The molecule has 5 heteroatoms. The standard InChI is InChI=1S/C14H23NO4/c1-14(2,9-16)15(3)10-7-11(17-4)13(19-6)12(8-10)18-5/h7-8,16H,9H2,1-6H3. The first-order valence-electron chi connectivity index (χ1n) is 6.06. The molecule has 0 amide bonds. The topological polar surface area (TPSA) is 51.2 Å². The molecule has 0 aliphatic rings. The van der Waals surface area contributed by atoms with Crippen molar-refractivity contribution in [3.8, 4) is 17.2 Å². The van der Waals surface area contributed by atoms with Gasteiger partial charge in [-0.2, -0.15) is 0 Å². The van der Waals surface area contributed by atoms with E-state index in [-0.39, 0.29) is 12.1 Å². The number of nitrogens with zero attached hydrogens (tertiary/aromatic N) is 1. The van der Waals surface area contributed by atoms with Crippen LogP contribution in [0, 0.1) is 0 Å². The van der Waals surface area contributed by atoms with E-state index in [1.54, 1.807) is 21.3 Å². The van der Waals surface area contributed by atoms with E-state index in [1.807, 2.05) is 37.9 Å². The summed E-state index contributed by atoms with van der Waals surface area (Å²) in [6.45, 7) is 3.95. The summed E-state index contributed by atoms with van der Waals surface area (Å²) >= 11 is 0. The van der Waals surface area contributed by atoms with Crippen molar-refractivity contribution in [3.05, 3.63) is 12.1 Å². The summed E-state index contributed by atoms with van der Waals surface area (Å²) in [6.07, 6.45) is 0. The van der Waals surface area contributed by atoms with E-state index >= 15 is 0 Å². The maximum atomic E-state index is 9.45. The molecule has 0 bridgehead atoms. The summed E-state index contributed by atoms with van der Waals surface area (Å²) in [4.78, 5) is 1.97. The van der Waals surface area contributed by atoms with Gasteiger partial charge in [-0.3, -0.25) is 0 Å². The number of aliphatic hydroxyl groups is 1. The molecule has 5 nitrogen and oxygen atoms in total. The van der Waals surface area contributed by atoms with Crippen molar-refractivity contribution in [3.63, 3.8) is 0 Å². The number of hydrogen-bond acceptors (Lipinski definition) is 5. The van der Waals surface area contributed by atoms with E-state index in [9.17, 15) is 5.11 Å². The van der Waals surface area contributed by atoms with Gasteiger partial charge in [0, 0.05) is 24.9 Å². The second kappa shape index (κ2) is 6.02. The van der Waals surface area contributed by atoms with E-state index in [0.29, 0.717) is 17.2 Å². The van der Waals surface area contributed by atoms with E-state index in [1.165, 1.54) is 0 Å². The van der Waals surface area contributed by atoms with Crippen LogP contribution in [0.1, 0.15) is 13.8 Å². The first kappa shape index (κ1) is 15.4. The third kappa shape index (κ3) is 3.04. The summed E-state index contributed by atoms with van der Waals surface area (Å²) in [7, 11) is 6.65. The van der Waals surface area contributed by atoms with Crippen LogP contribution in [0.3, 0.4) is 0 Å². The predicted octanol–water partition coefficient (Wildman–Crippen LogP) is 1.92. The molecule has 1 aromatic rings. The fourth-order valence-electron chi connectivity index (χ4n) is 1.72. The summed E-state index contributed by atoms with van der Waals surface area (Å²) < 4.78 is 15.9. The molecule has 0 heterocycles. The minimum absolute atomic E-state index is 0.0418. The second-order valence-corrected chi connectivity index (χ2v) is 4.91. The van der Waals surface area contributed by atoms with Gasteiger partial charge in [-0.15, -0.1) is 0 Å². The molecule has 0 spiro atoms. The van der Waals surface area contributed by atoms with Crippen LogP contribution in [0.15, 0.2) is 12.1 Å². The molecule has 0 saturated carbocycles. The first-order chi connectivity index (χ1) is 8.91. The minimum atomic E-state index is -0.384. The third-order valence-corrected chi connectivity index (χ3v) is 3.33. The number of methoxy groups -OCH3 is 3. The first-order valence-corrected chi connectivity index (χ1v) is 6.06. The lowest BCUT2D eigenvalue weighted by Crippen LogP contribution is -2.44. The second-order valence-electron chi connectivity index (χ2n) is 4.91. The molecular weight excluding hydrogens is 246 g/mol. The lowest BCUT2D eigenvalue weighted by atomic mass is 10.0. The number of anilines is 1. The van der Waals surface area contributed by atoms with E-state index < -0.39 is 0 Å². The smallest absolute Gasteiger partial charge is 0.203 e. The number of aliphatic hydroxyl groups excluding tert-OH is 1. The van der Waals surface area contributed by atoms with Crippen LogP contribution in [0.25, 0.3) is 0 Å². The predicted molar refractivity (Wildman–Crippen MR) is 75.7 cm³/mol. The van der Waals surface area contributed by atoms with Crippen LogP contribution in [-0.4, -0.2) is 45.6 Å². The molecule has 1 N–H and O–H groups in total. The molecule has 0 aliphatic heterocycles. The highest BCUT2D eigenvalue weighted by Gasteiger charge is 2.25. The summed E-state index contributed by atoms with van der Waals surface area (Å²) in [6, 6.07) is 3.72. The average Bonchev–Trinajstić information content (AvgIpc) is 2.44. The van der Waals surface area contributed by atoms with Gasteiger partial charge < -0.3 is 24.2 Å². The summed E-state index contributed by atoms with van der Waals surface area (Å²) in [5.41, 5.74) is 0.499. The molecule has 0 saturated heterocycles. The minimum Gasteiger partial charge on any atom is -0.493 e. The Bertz CT molecular complexity index is 406. The zero-order valence-corrected chi connectivity index (χ0v) is 12.5. The highest BCUT2D eigenvalue weighted by atomic mass is 16.5. The van der Waals surface area contributed by atoms with Crippen molar-refractivity contribution in [1.29, 1.82) is 0 Å². The van der Waals surface area contributed by atoms with Gasteiger partial charge in [0.2, 0.25) is 5.75 Å². The molecule has 0 aromatic heterocycles. The molecule has 0 atom stereocenters. The fourth-order valence-corrected chi connectivity index (χ4v) is 1.72. The molecule has 1 rings (SSSR count). The third-order valence-electron chi connectivity index (χ3n) is 3.33. The Hall–Kier alpha value is -1.62. The van der Waals surface area contributed by atoms with Crippen molar-refractivity contribution in [2.75, 3.05) is 39.9 Å². The average molecular weight is 269 g/mol. The summed E-state index contributed by atoms with van der Waals surface area (Å²) in [5.74, 6) is 1.75. The Morgan fingerprint density at radius 1 is 1.05 bits per heavy atom. The number of rotatable bonds is 6. The lowest BCUT2D eigenvalue weighted by molar-refractivity contribution is 0.216. The lowest BCUT2D eigenvalue weighted by Gasteiger charge is -2.36. The molecule has 1 aromatic carbocycles. The van der Waals surface area contributed by atoms with Gasteiger partial charge in [0.05, 0.1) is 33.5 Å². The maximum Gasteiger partial charge on any atom is 0.203 e. The van der Waals surface area contributed by atoms with Crippen LogP contribution in [-0.2, 0) is 0 Å². The van der Waals surface area contributed by atoms with Crippen molar-refractivity contribution < 1.29 is 19.3 Å². The van der Waals surface area contributed by atoms with Gasteiger partial charge in [0.25, 0.3) is 0 Å². The van der Waals surface area contributed by atoms with Crippen molar-refractivity contribution >= 4 is 5.69 Å². The molecular formula is C14H23NO4. The maximum absolute atomic E-state index is 9.45. The van der Waals surface area contributed by atoms with Crippen LogP contribution in [0.2, 0.25) is 0 Å². The molecule has 0 fully saturated rings. The normalized spacial score (nSPS) is 11.1. The Morgan fingerprint density at radius 2 is 1.53 bits per heavy atom. The summed E-state index contributed by atoms with van der Waals surface area (Å²) in [5, 5.41) is 9.45. The highest BCUT2D eigenvalue weighted by molar-refractivity contribution is 5.64. The number of benzene rings is 1. The van der Waals surface area contributed by atoms with Gasteiger partial charge in [-0.05, 0) is 13.8 Å². The van der Waals surface area contributed by atoms with E-state index in [2.05, 4.69) is 0 Å². The Balaban J connectivity index is 3.30. The van der Waals surface area contributed by atoms with Crippen molar-refractivity contribution in [2.45, 2.75) is 19.4 Å². The van der Waals surface area contributed by atoms with Gasteiger partial charge in [0.15, 0.2) is 11.5 Å². The number of likely N-dealkylation sites (N-methyl/N-ethyl adjacent to an activating group) is 1. The van der Waals surface area contributed by atoms with Gasteiger partial charge in [-0.25, -0.2) is 0 Å². The zero-order chi connectivity index (χ0) is 14.6. The van der Waals surface area contributed by atoms with Crippen molar-refractivity contribution in [2.24, 2.45) is 0 Å². The van der Waals surface area contributed by atoms with E-state index in [0.717, 1.165) is 5.69 Å². The fraction of sp³-hybridized carbons (Fsp3) is 0.571. The van der Waals surface area contributed by atoms with Gasteiger partial charge >= 0.3 is 0 Å². The Kier molecular flexibility index (Phi) is 4.89. The van der Waals surface area contributed by atoms with Crippen LogP contribution >= 0.6 is 0 Å². The van der Waals surface area contributed by atoms with Gasteiger partial charge in [0.1, 0.15) is 0 Å². The zero-order valence-electron chi connectivity index (χ0n) is 12.5. The Morgan fingerprint density at radius 3 is 1.84 bits per heavy atom. The number of ether oxygens (including phenoxy) is 3. The number of hydrogen-bond donors (Lipinski definition) is 1. The van der Waals surface area contributed by atoms with E-state index in [4.69, 9.17) is 14.2 Å². The van der Waals surface area contributed by atoms with Crippen LogP contribution < -0.4 is 19.1 Å². The molecule has 0 radical (unpaired) electrons. The van der Waals surface area contributed by atoms with Gasteiger partial charge in [-0.1, -0.05) is 0 Å².